The van der Waals surface area contributed by atoms with Gasteiger partial charge in [0.15, 0.2) is 0 Å². The second kappa shape index (κ2) is 4.49. The molecule has 1 saturated heterocycles. The fourth-order valence-electron chi connectivity index (χ4n) is 2.21. The minimum absolute atomic E-state index is 0.162. The Morgan fingerprint density at radius 3 is 2.65 bits per heavy atom. The fraction of sp³-hybridized carbons (Fsp3) is 0.500. The molecule has 0 bridgehead atoms. The van der Waals surface area contributed by atoms with Crippen molar-refractivity contribution >= 4 is 5.97 Å². The standard InChI is InChI=1S/C14H18O3/c1-10-4-5-11(2)12(6-10)7-14(8-17-9-14)13(15)16-3/h4-6H,7-9H2,1-3H3. The maximum Gasteiger partial charge on any atom is 0.316 e. The lowest BCUT2D eigenvalue weighted by Crippen LogP contribution is -2.51. The summed E-state index contributed by atoms with van der Waals surface area (Å²) in [7, 11) is 1.44. The topological polar surface area (TPSA) is 35.5 Å². The first-order valence-electron chi connectivity index (χ1n) is 5.80. The number of carbonyl (C=O) groups excluding carboxylic acids is 1. The van der Waals surface area contributed by atoms with Crippen molar-refractivity contribution in [3.63, 3.8) is 0 Å². The van der Waals surface area contributed by atoms with E-state index >= 15 is 0 Å². The van der Waals surface area contributed by atoms with Crippen molar-refractivity contribution in [1.29, 1.82) is 0 Å². The van der Waals surface area contributed by atoms with Crippen molar-refractivity contribution in [2.45, 2.75) is 20.3 Å². The summed E-state index contributed by atoms with van der Waals surface area (Å²) in [6.45, 7) is 5.06. The fourth-order valence-corrected chi connectivity index (χ4v) is 2.21. The van der Waals surface area contributed by atoms with Gasteiger partial charge in [0.25, 0.3) is 0 Å². The minimum Gasteiger partial charge on any atom is -0.468 e. The van der Waals surface area contributed by atoms with Crippen molar-refractivity contribution in [2.24, 2.45) is 5.41 Å². The number of hydrogen-bond acceptors (Lipinski definition) is 3. The second-order valence-electron chi connectivity index (χ2n) is 4.87. The Morgan fingerprint density at radius 2 is 2.12 bits per heavy atom. The first-order chi connectivity index (χ1) is 8.07. The SMILES string of the molecule is COC(=O)C1(Cc2cc(C)ccc2C)COC1. The molecule has 1 aromatic rings. The Balaban J connectivity index is 2.24. The van der Waals surface area contributed by atoms with Gasteiger partial charge in [-0.2, -0.15) is 0 Å². The van der Waals surface area contributed by atoms with Crippen LogP contribution in [0.4, 0.5) is 0 Å². The van der Waals surface area contributed by atoms with E-state index in [1.807, 2.05) is 0 Å². The summed E-state index contributed by atoms with van der Waals surface area (Å²) < 4.78 is 10.1. The monoisotopic (exact) mass is 234 g/mol. The summed E-state index contributed by atoms with van der Waals surface area (Å²) in [5.74, 6) is -0.162. The molecule has 1 aliphatic rings. The summed E-state index contributed by atoms with van der Waals surface area (Å²) in [4.78, 5) is 11.8. The molecule has 1 heterocycles. The molecule has 1 aromatic carbocycles. The van der Waals surface area contributed by atoms with Gasteiger partial charge in [0, 0.05) is 0 Å². The van der Waals surface area contributed by atoms with Gasteiger partial charge in [-0.1, -0.05) is 23.8 Å². The van der Waals surface area contributed by atoms with E-state index in [4.69, 9.17) is 9.47 Å². The summed E-state index contributed by atoms with van der Waals surface area (Å²) in [6, 6.07) is 6.31. The van der Waals surface area contributed by atoms with Gasteiger partial charge in [0.05, 0.1) is 20.3 Å². The van der Waals surface area contributed by atoms with Crippen molar-refractivity contribution < 1.29 is 14.3 Å². The van der Waals surface area contributed by atoms with Gasteiger partial charge >= 0.3 is 5.97 Å². The molecule has 92 valence electrons. The van der Waals surface area contributed by atoms with Gasteiger partial charge in [-0.3, -0.25) is 4.79 Å². The molecular weight excluding hydrogens is 216 g/mol. The van der Waals surface area contributed by atoms with Gasteiger partial charge in [0.2, 0.25) is 0 Å². The molecule has 3 heteroatoms. The Kier molecular flexibility index (Phi) is 3.20. The summed E-state index contributed by atoms with van der Waals surface area (Å²) in [5.41, 5.74) is 3.17. The molecule has 1 aliphatic heterocycles. The smallest absolute Gasteiger partial charge is 0.316 e. The highest BCUT2D eigenvalue weighted by atomic mass is 16.5. The van der Waals surface area contributed by atoms with Crippen LogP contribution in [0.1, 0.15) is 16.7 Å². The van der Waals surface area contributed by atoms with Crippen LogP contribution in [0.3, 0.4) is 0 Å². The van der Waals surface area contributed by atoms with Gasteiger partial charge in [-0.05, 0) is 31.4 Å². The van der Waals surface area contributed by atoms with Crippen LogP contribution in [0.25, 0.3) is 0 Å². The lowest BCUT2D eigenvalue weighted by molar-refractivity contribution is -0.182. The highest BCUT2D eigenvalue weighted by molar-refractivity contribution is 5.78. The Hall–Kier alpha value is -1.35. The van der Waals surface area contributed by atoms with Gasteiger partial charge in [0.1, 0.15) is 5.41 Å². The van der Waals surface area contributed by atoms with E-state index in [9.17, 15) is 4.79 Å². The first-order valence-corrected chi connectivity index (χ1v) is 5.80. The highest BCUT2D eigenvalue weighted by Gasteiger charge is 2.47. The second-order valence-corrected chi connectivity index (χ2v) is 4.87. The van der Waals surface area contributed by atoms with E-state index in [1.165, 1.54) is 23.8 Å². The number of methoxy groups -OCH3 is 1. The zero-order chi connectivity index (χ0) is 12.5. The molecule has 0 amide bonds. The predicted molar refractivity (Wildman–Crippen MR) is 64.9 cm³/mol. The van der Waals surface area contributed by atoms with Crippen LogP contribution in [0.5, 0.6) is 0 Å². The van der Waals surface area contributed by atoms with Crippen LogP contribution in [0.15, 0.2) is 18.2 Å². The third kappa shape index (κ3) is 2.20. The molecule has 0 saturated carbocycles. The summed E-state index contributed by atoms with van der Waals surface area (Å²) in [5, 5.41) is 0. The lowest BCUT2D eigenvalue weighted by atomic mass is 9.78. The van der Waals surface area contributed by atoms with Crippen molar-refractivity contribution in [1.82, 2.24) is 0 Å². The Morgan fingerprint density at radius 1 is 1.41 bits per heavy atom. The number of carbonyl (C=O) groups is 1. The van der Waals surface area contributed by atoms with E-state index in [-0.39, 0.29) is 5.97 Å². The molecule has 3 nitrogen and oxygen atoms in total. The molecule has 2 rings (SSSR count). The molecule has 1 fully saturated rings. The number of benzene rings is 1. The van der Waals surface area contributed by atoms with Gasteiger partial charge in [-0.15, -0.1) is 0 Å². The van der Waals surface area contributed by atoms with Gasteiger partial charge in [-0.25, -0.2) is 0 Å². The Labute approximate surface area is 102 Å². The van der Waals surface area contributed by atoms with Crippen molar-refractivity contribution in [3.05, 3.63) is 34.9 Å². The zero-order valence-corrected chi connectivity index (χ0v) is 10.6. The van der Waals surface area contributed by atoms with Crippen molar-refractivity contribution in [3.8, 4) is 0 Å². The van der Waals surface area contributed by atoms with E-state index in [0.717, 1.165) is 0 Å². The first kappa shape index (κ1) is 12.1. The number of aryl methyl sites for hydroxylation is 2. The van der Waals surface area contributed by atoms with Gasteiger partial charge < -0.3 is 9.47 Å². The predicted octanol–water partition coefficient (Wildman–Crippen LogP) is 2.04. The lowest BCUT2D eigenvalue weighted by Gasteiger charge is -2.38. The average Bonchev–Trinajstić information content (AvgIpc) is 2.27. The molecule has 0 atom stereocenters. The number of hydrogen-bond donors (Lipinski definition) is 0. The average molecular weight is 234 g/mol. The Bertz CT molecular complexity index is 433. The van der Waals surface area contributed by atoms with Crippen LogP contribution in [0.2, 0.25) is 0 Å². The zero-order valence-electron chi connectivity index (χ0n) is 10.6. The third-order valence-corrected chi connectivity index (χ3v) is 3.41. The summed E-state index contributed by atoms with van der Waals surface area (Å²) >= 11 is 0. The van der Waals surface area contributed by atoms with E-state index in [1.54, 1.807) is 0 Å². The van der Waals surface area contributed by atoms with Crippen molar-refractivity contribution in [2.75, 3.05) is 20.3 Å². The molecule has 0 unspecified atom stereocenters. The molecule has 0 radical (unpaired) electrons. The van der Waals surface area contributed by atoms with E-state index < -0.39 is 5.41 Å². The van der Waals surface area contributed by atoms with E-state index in [2.05, 4.69) is 32.0 Å². The van der Waals surface area contributed by atoms with Crippen LogP contribution in [-0.2, 0) is 20.7 Å². The molecule has 0 N–H and O–H groups in total. The minimum atomic E-state index is -0.465. The molecular formula is C14H18O3. The largest absolute Gasteiger partial charge is 0.468 e. The molecule has 0 spiro atoms. The third-order valence-electron chi connectivity index (χ3n) is 3.41. The van der Waals surface area contributed by atoms with Crippen LogP contribution in [0, 0.1) is 19.3 Å². The molecule has 0 aliphatic carbocycles. The van der Waals surface area contributed by atoms with Crippen LogP contribution in [-0.4, -0.2) is 26.3 Å². The van der Waals surface area contributed by atoms with E-state index in [0.29, 0.717) is 19.6 Å². The normalized spacial score (nSPS) is 17.4. The van der Waals surface area contributed by atoms with Crippen LogP contribution < -0.4 is 0 Å². The quantitative estimate of drug-likeness (QED) is 0.751. The summed E-state index contributed by atoms with van der Waals surface area (Å²) in [6.07, 6.45) is 0.702. The number of esters is 1. The number of rotatable bonds is 3. The maximum atomic E-state index is 11.8. The number of ether oxygens (including phenoxy) is 2. The highest BCUT2D eigenvalue weighted by Crippen LogP contribution is 2.34. The molecule has 0 aromatic heterocycles. The molecule has 17 heavy (non-hydrogen) atoms. The van der Waals surface area contributed by atoms with Crippen LogP contribution >= 0.6 is 0 Å². The maximum absolute atomic E-state index is 11.8.